The van der Waals surface area contributed by atoms with Crippen LogP contribution < -0.4 is 4.90 Å². The van der Waals surface area contributed by atoms with E-state index in [4.69, 9.17) is 4.74 Å². The van der Waals surface area contributed by atoms with Crippen LogP contribution in [-0.2, 0) is 18.7 Å². The van der Waals surface area contributed by atoms with Crippen LogP contribution in [0.1, 0.15) is 51.9 Å². The molecule has 1 fully saturated rings. The number of carbonyl (C=O) groups excluding carboxylic acids is 3. The van der Waals surface area contributed by atoms with Gasteiger partial charge in [0, 0.05) is 5.92 Å². The van der Waals surface area contributed by atoms with Gasteiger partial charge in [-0.3, -0.25) is 9.59 Å². The van der Waals surface area contributed by atoms with Gasteiger partial charge in [0.2, 0.25) is 11.8 Å². The molecule has 0 radical (unpaired) electrons. The van der Waals surface area contributed by atoms with Crippen molar-refractivity contribution in [3.05, 3.63) is 101 Å². The molecule has 6 heteroatoms. The minimum absolute atomic E-state index is 0.179. The molecule has 3 aromatic carbocycles. The monoisotopic (exact) mass is 515 g/mol. The standard InChI is InChI=1S/C28H22BrNO4/c1-2-15-34-27(33)16-11-13-17(14-12-16)30-25(31)23-22-18-7-3-5-9-20(18)28(29,24(23)26(30)32)21-10-6-4-8-19(21)22/h3-14,22-24H,2,15H2,1H3/t22?,23-,24-,28?/m1/s1. The number of nitrogens with zero attached hydrogens (tertiary/aromatic N) is 1. The molecule has 3 aromatic rings. The van der Waals surface area contributed by atoms with Crippen molar-refractivity contribution in [2.45, 2.75) is 23.6 Å². The van der Waals surface area contributed by atoms with Crippen LogP contribution in [-0.4, -0.2) is 24.4 Å². The van der Waals surface area contributed by atoms with E-state index in [9.17, 15) is 14.4 Å². The highest BCUT2D eigenvalue weighted by Crippen LogP contribution is 2.66. The maximum Gasteiger partial charge on any atom is 0.338 e. The first-order chi connectivity index (χ1) is 16.5. The maximum absolute atomic E-state index is 13.9. The Bertz CT molecular complexity index is 1300. The molecule has 170 valence electrons. The quantitative estimate of drug-likeness (QED) is 0.273. The van der Waals surface area contributed by atoms with Gasteiger partial charge in [-0.1, -0.05) is 71.4 Å². The van der Waals surface area contributed by atoms with E-state index in [0.717, 1.165) is 28.7 Å². The van der Waals surface area contributed by atoms with Crippen molar-refractivity contribution in [3.8, 4) is 0 Å². The minimum atomic E-state index is -0.773. The SMILES string of the molecule is CCCOC(=O)c1ccc(N2C(=O)[C@@H]3C4c5ccccc5C(Br)(c5ccccc54)[C@H]3C2=O)cc1. The predicted molar refractivity (Wildman–Crippen MR) is 131 cm³/mol. The van der Waals surface area contributed by atoms with Crippen molar-refractivity contribution in [2.75, 3.05) is 11.5 Å². The zero-order valence-electron chi connectivity index (χ0n) is 18.5. The lowest BCUT2D eigenvalue weighted by atomic mass is 9.55. The van der Waals surface area contributed by atoms with Gasteiger partial charge in [-0.15, -0.1) is 0 Å². The molecule has 0 aromatic heterocycles. The van der Waals surface area contributed by atoms with Crippen molar-refractivity contribution in [1.82, 2.24) is 0 Å². The summed E-state index contributed by atoms with van der Waals surface area (Å²) in [5.41, 5.74) is 5.16. The molecule has 2 atom stereocenters. The summed E-state index contributed by atoms with van der Waals surface area (Å²) in [6.07, 6.45) is 0.740. The van der Waals surface area contributed by atoms with Gasteiger partial charge >= 0.3 is 5.97 Å². The topological polar surface area (TPSA) is 63.7 Å². The Kier molecular flexibility index (Phi) is 4.78. The van der Waals surface area contributed by atoms with Crippen molar-refractivity contribution >= 4 is 39.4 Å². The van der Waals surface area contributed by atoms with Gasteiger partial charge in [0.25, 0.3) is 0 Å². The van der Waals surface area contributed by atoms with Gasteiger partial charge in [-0.05, 0) is 52.9 Å². The number of rotatable bonds is 4. The summed E-state index contributed by atoms with van der Waals surface area (Å²) in [5.74, 6) is -2.06. The highest BCUT2D eigenvalue weighted by atomic mass is 79.9. The van der Waals surface area contributed by atoms with E-state index in [-0.39, 0.29) is 17.7 Å². The summed E-state index contributed by atoms with van der Waals surface area (Å²) in [6.45, 7) is 2.28. The fourth-order valence-corrected chi connectivity index (χ4v) is 7.16. The van der Waals surface area contributed by atoms with Gasteiger partial charge in [0.1, 0.15) is 0 Å². The molecule has 2 amide bonds. The second-order valence-corrected chi connectivity index (χ2v) is 10.3. The van der Waals surface area contributed by atoms with E-state index >= 15 is 0 Å². The van der Waals surface area contributed by atoms with E-state index in [1.165, 1.54) is 4.90 Å². The number of benzene rings is 3. The summed E-state index contributed by atoms with van der Waals surface area (Å²) in [6, 6.07) is 22.7. The van der Waals surface area contributed by atoms with Crippen molar-refractivity contribution in [3.63, 3.8) is 0 Å². The fraction of sp³-hybridized carbons (Fsp3) is 0.250. The zero-order valence-corrected chi connectivity index (χ0v) is 20.1. The van der Waals surface area contributed by atoms with Gasteiger partial charge in [-0.25, -0.2) is 9.69 Å². The third-order valence-corrected chi connectivity index (χ3v) is 8.66. The summed E-state index contributed by atoms with van der Waals surface area (Å²) in [5, 5.41) is 0. The molecule has 0 saturated carbocycles. The summed E-state index contributed by atoms with van der Waals surface area (Å²) in [7, 11) is 0. The summed E-state index contributed by atoms with van der Waals surface area (Å²) in [4.78, 5) is 41.2. The molecule has 1 aliphatic heterocycles. The zero-order chi connectivity index (χ0) is 23.6. The predicted octanol–water partition coefficient (Wildman–Crippen LogP) is 5.16. The molecule has 4 aliphatic rings. The normalized spacial score (nSPS) is 26.2. The lowest BCUT2D eigenvalue weighted by molar-refractivity contribution is -0.122. The number of imide groups is 1. The van der Waals surface area contributed by atoms with E-state index in [2.05, 4.69) is 40.2 Å². The van der Waals surface area contributed by atoms with Gasteiger partial charge < -0.3 is 4.74 Å². The molecule has 2 bridgehead atoms. The van der Waals surface area contributed by atoms with Crippen LogP contribution in [0.3, 0.4) is 0 Å². The number of hydrogen-bond donors (Lipinski definition) is 0. The second kappa shape index (κ2) is 7.64. The fourth-order valence-electron chi connectivity index (χ4n) is 5.96. The van der Waals surface area contributed by atoms with Crippen molar-refractivity contribution in [2.24, 2.45) is 11.8 Å². The smallest absolute Gasteiger partial charge is 0.338 e. The molecule has 3 aliphatic carbocycles. The largest absolute Gasteiger partial charge is 0.462 e. The van der Waals surface area contributed by atoms with E-state index in [1.807, 2.05) is 31.2 Å². The molecule has 0 spiro atoms. The molecule has 7 rings (SSSR count). The number of ether oxygens (including phenoxy) is 1. The molecule has 1 saturated heterocycles. The number of esters is 1. The summed E-state index contributed by atoms with van der Waals surface area (Å²) < 4.78 is 4.42. The summed E-state index contributed by atoms with van der Waals surface area (Å²) >= 11 is 4.00. The average molecular weight is 516 g/mol. The number of alkyl halides is 1. The van der Waals surface area contributed by atoms with Crippen LogP contribution in [0.2, 0.25) is 0 Å². The van der Waals surface area contributed by atoms with E-state index in [1.54, 1.807) is 24.3 Å². The van der Waals surface area contributed by atoms with Crippen LogP contribution in [0, 0.1) is 11.8 Å². The van der Waals surface area contributed by atoms with Crippen LogP contribution >= 0.6 is 15.9 Å². The molecule has 5 nitrogen and oxygen atoms in total. The Morgan fingerprint density at radius 1 is 0.912 bits per heavy atom. The maximum atomic E-state index is 13.9. The Balaban J connectivity index is 1.44. The third-order valence-electron chi connectivity index (χ3n) is 7.31. The first kappa shape index (κ1) is 21.3. The highest BCUT2D eigenvalue weighted by Gasteiger charge is 2.67. The van der Waals surface area contributed by atoms with Crippen LogP contribution in [0.15, 0.2) is 72.8 Å². The average Bonchev–Trinajstić information content (AvgIpc) is 3.14. The van der Waals surface area contributed by atoms with E-state index < -0.39 is 22.1 Å². The third kappa shape index (κ3) is 2.69. The van der Waals surface area contributed by atoms with Crippen LogP contribution in [0.25, 0.3) is 0 Å². The molecular formula is C28H22BrNO4. The number of halogens is 1. The minimum Gasteiger partial charge on any atom is -0.462 e. The Morgan fingerprint density at radius 2 is 1.50 bits per heavy atom. The van der Waals surface area contributed by atoms with Gasteiger partial charge in [0.15, 0.2) is 0 Å². The lowest BCUT2D eigenvalue weighted by Crippen LogP contribution is -2.50. The molecule has 1 heterocycles. The van der Waals surface area contributed by atoms with E-state index in [0.29, 0.717) is 17.9 Å². The highest BCUT2D eigenvalue weighted by molar-refractivity contribution is 9.09. The lowest BCUT2D eigenvalue weighted by Gasteiger charge is -2.51. The second-order valence-electron chi connectivity index (χ2n) is 9.06. The molecule has 0 unspecified atom stereocenters. The van der Waals surface area contributed by atoms with Gasteiger partial charge in [0.05, 0.1) is 34.0 Å². The number of carbonyl (C=O) groups is 3. The first-order valence-corrected chi connectivity index (χ1v) is 12.3. The van der Waals surface area contributed by atoms with Gasteiger partial charge in [-0.2, -0.15) is 0 Å². The number of anilines is 1. The number of amides is 2. The van der Waals surface area contributed by atoms with Crippen LogP contribution in [0.5, 0.6) is 0 Å². The number of hydrogen-bond acceptors (Lipinski definition) is 4. The van der Waals surface area contributed by atoms with Crippen LogP contribution in [0.4, 0.5) is 5.69 Å². The Hall–Kier alpha value is -3.25. The van der Waals surface area contributed by atoms with Crippen molar-refractivity contribution < 1.29 is 19.1 Å². The Labute approximate surface area is 205 Å². The molecule has 34 heavy (non-hydrogen) atoms. The first-order valence-electron chi connectivity index (χ1n) is 11.5. The molecular weight excluding hydrogens is 494 g/mol. The Morgan fingerprint density at radius 3 is 2.09 bits per heavy atom. The molecule has 0 N–H and O–H groups in total. The van der Waals surface area contributed by atoms with Crippen molar-refractivity contribution in [1.29, 1.82) is 0 Å².